The summed E-state index contributed by atoms with van der Waals surface area (Å²) in [5, 5.41) is 21.8. The highest BCUT2D eigenvalue weighted by atomic mass is 16.6. The quantitative estimate of drug-likeness (QED) is 0.331. The summed E-state index contributed by atoms with van der Waals surface area (Å²) in [5.74, 6) is 0.343. The number of aliphatic hydroxyl groups is 1. The maximum atomic E-state index is 13.0. The predicted molar refractivity (Wildman–Crippen MR) is 118 cm³/mol. The third-order valence-electron chi connectivity index (χ3n) is 4.55. The summed E-state index contributed by atoms with van der Waals surface area (Å²) in [7, 11) is 0. The van der Waals surface area contributed by atoms with Crippen LogP contribution in [0, 0.1) is 6.92 Å². The van der Waals surface area contributed by atoms with Crippen LogP contribution in [-0.2, 0) is 4.79 Å². The van der Waals surface area contributed by atoms with Gasteiger partial charge in [-0.1, -0.05) is 42.5 Å². The third-order valence-corrected chi connectivity index (χ3v) is 4.55. The van der Waals surface area contributed by atoms with E-state index < -0.39 is 5.91 Å². The normalized spacial score (nSPS) is 13.6. The van der Waals surface area contributed by atoms with Crippen LogP contribution in [0.4, 0.5) is 11.4 Å². The van der Waals surface area contributed by atoms with Crippen molar-refractivity contribution >= 4 is 23.0 Å². The minimum absolute atomic E-state index is 0.206. The second kappa shape index (κ2) is 9.13. The second-order valence-electron chi connectivity index (χ2n) is 6.91. The molecule has 0 aromatic heterocycles. The van der Waals surface area contributed by atoms with Crippen LogP contribution in [-0.4, -0.2) is 24.2 Å². The van der Waals surface area contributed by atoms with Gasteiger partial charge in [-0.05, 0) is 36.8 Å². The molecule has 1 heterocycles. The second-order valence-corrected chi connectivity index (χ2v) is 6.91. The van der Waals surface area contributed by atoms with Gasteiger partial charge in [0.05, 0.1) is 5.69 Å². The van der Waals surface area contributed by atoms with E-state index in [1.165, 1.54) is 0 Å². The first-order valence-electron chi connectivity index (χ1n) is 9.78. The molecular weight excluding hydrogens is 394 g/mol. The number of fused-ring (bicyclic) bond motifs is 1. The summed E-state index contributed by atoms with van der Waals surface area (Å²) in [6.45, 7) is 2.87. The Balaban J connectivity index is 1.67. The summed E-state index contributed by atoms with van der Waals surface area (Å²) in [6.07, 6.45) is 0. The van der Waals surface area contributed by atoms with Crippen molar-refractivity contribution in [2.45, 2.75) is 6.92 Å². The summed E-state index contributed by atoms with van der Waals surface area (Å²) in [5.41, 5.74) is 2.30. The Morgan fingerprint density at radius 1 is 0.935 bits per heavy atom. The Morgan fingerprint density at radius 3 is 2.48 bits per heavy atom. The Bertz CT molecular complexity index is 1160. The molecule has 2 N–H and O–H groups in total. The topological polar surface area (TPSA) is 92.5 Å². The van der Waals surface area contributed by atoms with E-state index in [9.17, 15) is 9.90 Å². The number of amides is 1. The molecule has 0 radical (unpaired) electrons. The van der Waals surface area contributed by atoms with E-state index in [0.29, 0.717) is 41.7 Å². The fourth-order valence-corrected chi connectivity index (χ4v) is 3.05. The van der Waals surface area contributed by atoms with Gasteiger partial charge in [0, 0.05) is 17.3 Å². The molecule has 3 aromatic rings. The molecule has 1 aliphatic rings. The lowest BCUT2D eigenvalue weighted by Gasteiger charge is -2.17. The van der Waals surface area contributed by atoms with Crippen LogP contribution in [0.15, 0.2) is 88.7 Å². The lowest BCUT2D eigenvalue weighted by molar-refractivity contribution is -0.112. The highest BCUT2D eigenvalue weighted by molar-refractivity contribution is 6.07. The molecule has 1 aliphatic heterocycles. The molecule has 31 heavy (non-hydrogen) atoms. The van der Waals surface area contributed by atoms with Crippen LogP contribution in [0.2, 0.25) is 0 Å². The summed E-state index contributed by atoms with van der Waals surface area (Å²) in [4.78, 5) is 13.0. The summed E-state index contributed by atoms with van der Waals surface area (Å²) in [6, 6.07) is 21.2. The van der Waals surface area contributed by atoms with E-state index in [4.69, 9.17) is 9.47 Å². The molecule has 0 saturated heterocycles. The highest BCUT2D eigenvalue weighted by Gasteiger charge is 2.18. The minimum Gasteiger partial charge on any atom is -0.505 e. The van der Waals surface area contributed by atoms with E-state index in [1.807, 2.05) is 31.2 Å². The van der Waals surface area contributed by atoms with Crippen LogP contribution in [0.3, 0.4) is 0 Å². The number of nitrogens with one attached hydrogen (secondary N) is 1. The van der Waals surface area contributed by atoms with Gasteiger partial charge < -0.3 is 19.9 Å². The van der Waals surface area contributed by atoms with Crippen molar-refractivity contribution in [3.05, 3.63) is 89.6 Å². The lowest BCUT2D eigenvalue weighted by atomic mass is 10.1. The number of anilines is 1. The van der Waals surface area contributed by atoms with Gasteiger partial charge in [0.15, 0.2) is 23.0 Å². The zero-order valence-corrected chi connectivity index (χ0v) is 16.9. The largest absolute Gasteiger partial charge is 0.505 e. The summed E-state index contributed by atoms with van der Waals surface area (Å²) >= 11 is 0. The van der Waals surface area contributed by atoms with Gasteiger partial charge in [-0.2, -0.15) is 5.11 Å². The first-order chi connectivity index (χ1) is 15.1. The number of carbonyl (C=O) groups excluding carboxylic acids is 1. The zero-order chi connectivity index (χ0) is 21.6. The molecule has 0 unspecified atom stereocenters. The highest BCUT2D eigenvalue weighted by Crippen LogP contribution is 2.34. The number of hydrogen-bond donors (Lipinski definition) is 2. The first-order valence-corrected chi connectivity index (χ1v) is 9.78. The molecule has 0 aliphatic carbocycles. The van der Waals surface area contributed by atoms with Gasteiger partial charge in [-0.3, -0.25) is 4.79 Å². The molecule has 156 valence electrons. The van der Waals surface area contributed by atoms with Crippen LogP contribution in [0.5, 0.6) is 11.5 Å². The number of hydrogen-bond acceptors (Lipinski definition) is 6. The van der Waals surface area contributed by atoms with Crippen LogP contribution in [0.25, 0.3) is 5.76 Å². The fraction of sp³-hybridized carbons (Fsp3) is 0.125. The molecule has 0 spiro atoms. The molecule has 7 heteroatoms. The maximum absolute atomic E-state index is 13.0. The molecule has 0 fully saturated rings. The van der Waals surface area contributed by atoms with Gasteiger partial charge >= 0.3 is 0 Å². The molecule has 0 saturated carbocycles. The van der Waals surface area contributed by atoms with E-state index in [1.54, 1.807) is 48.5 Å². The predicted octanol–water partition coefficient (Wildman–Crippen LogP) is 5.42. The number of aliphatic hydroxyl groups excluding tert-OH is 1. The Labute approximate surface area is 179 Å². The number of rotatable bonds is 5. The van der Waals surface area contributed by atoms with E-state index >= 15 is 0 Å². The standard InChI is InChI=1S/C24H21N3O4/c1-16-6-5-9-18(14-16)25-24(29)22(23(28)17-7-3-2-4-8-17)27-26-19-10-11-20-21(15-19)31-13-12-30-20/h2-11,14-15,28H,12-13H2,1H3,(H,25,29)/b23-22-,27-26?. The monoisotopic (exact) mass is 415 g/mol. The molecule has 0 atom stereocenters. The average Bonchev–Trinajstić information content (AvgIpc) is 2.79. The van der Waals surface area contributed by atoms with Crippen molar-refractivity contribution in [2.24, 2.45) is 10.2 Å². The summed E-state index contributed by atoms with van der Waals surface area (Å²) < 4.78 is 11.1. The Hall–Kier alpha value is -4.13. The molecular formula is C24H21N3O4. The lowest BCUT2D eigenvalue weighted by Crippen LogP contribution is -2.15. The van der Waals surface area contributed by atoms with E-state index in [2.05, 4.69) is 15.5 Å². The van der Waals surface area contributed by atoms with Crippen molar-refractivity contribution in [3.63, 3.8) is 0 Å². The number of carbonyl (C=O) groups is 1. The van der Waals surface area contributed by atoms with Crippen molar-refractivity contribution < 1.29 is 19.4 Å². The number of azo groups is 1. The minimum atomic E-state index is -0.576. The number of nitrogens with zero attached hydrogens (tertiary/aromatic N) is 2. The van der Waals surface area contributed by atoms with Gasteiger partial charge in [0.2, 0.25) is 0 Å². The van der Waals surface area contributed by atoms with E-state index in [0.717, 1.165) is 5.56 Å². The number of ether oxygens (including phenoxy) is 2. The Kier molecular flexibility index (Phi) is 5.93. The van der Waals surface area contributed by atoms with Crippen molar-refractivity contribution in [3.8, 4) is 11.5 Å². The molecule has 4 rings (SSSR count). The van der Waals surface area contributed by atoms with Crippen molar-refractivity contribution in [2.75, 3.05) is 18.5 Å². The van der Waals surface area contributed by atoms with Gasteiger partial charge in [-0.25, -0.2) is 0 Å². The fourth-order valence-electron chi connectivity index (χ4n) is 3.05. The van der Waals surface area contributed by atoms with Crippen LogP contribution in [0.1, 0.15) is 11.1 Å². The molecule has 7 nitrogen and oxygen atoms in total. The van der Waals surface area contributed by atoms with Crippen LogP contribution < -0.4 is 14.8 Å². The van der Waals surface area contributed by atoms with Crippen LogP contribution >= 0.6 is 0 Å². The van der Waals surface area contributed by atoms with Gasteiger partial charge in [-0.15, -0.1) is 5.11 Å². The Morgan fingerprint density at radius 2 is 1.71 bits per heavy atom. The third kappa shape index (κ3) is 4.90. The maximum Gasteiger partial charge on any atom is 0.280 e. The average molecular weight is 415 g/mol. The van der Waals surface area contributed by atoms with Gasteiger partial charge in [0.25, 0.3) is 5.91 Å². The number of benzene rings is 3. The SMILES string of the molecule is Cc1cccc(NC(=O)/C(N=Nc2ccc3c(c2)OCCO3)=C(/O)c2ccccc2)c1. The zero-order valence-electron chi connectivity index (χ0n) is 16.9. The molecule has 1 amide bonds. The first kappa shape index (κ1) is 20.2. The van der Waals surface area contributed by atoms with Crippen molar-refractivity contribution in [1.82, 2.24) is 0 Å². The smallest absolute Gasteiger partial charge is 0.280 e. The number of aryl methyl sites for hydroxylation is 1. The van der Waals surface area contributed by atoms with Crippen molar-refractivity contribution in [1.29, 1.82) is 0 Å². The van der Waals surface area contributed by atoms with Gasteiger partial charge in [0.1, 0.15) is 13.2 Å². The van der Waals surface area contributed by atoms with E-state index in [-0.39, 0.29) is 11.5 Å². The molecule has 3 aromatic carbocycles. The molecule has 0 bridgehead atoms.